The lowest BCUT2D eigenvalue weighted by molar-refractivity contribution is -0.123. The van der Waals surface area contributed by atoms with Crippen molar-refractivity contribution in [1.82, 2.24) is 0 Å². The van der Waals surface area contributed by atoms with Crippen LogP contribution < -0.4 is 10.6 Å². The lowest BCUT2D eigenvalue weighted by Crippen LogP contribution is -2.54. The molecule has 23 heavy (non-hydrogen) atoms. The molecule has 1 amide bonds. The third kappa shape index (κ3) is 2.87. The Hall–Kier alpha value is -1.13. The monoisotopic (exact) mass is 340 g/mol. The molecular weight excluding hydrogens is 315 g/mol. The summed E-state index contributed by atoms with van der Waals surface area (Å²) in [6.45, 7) is 4.39. The van der Waals surface area contributed by atoms with Gasteiger partial charge in [0.05, 0.1) is 11.2 Å². The van der Waals surface area contributed by atoms with Crippen LogP contribution in [0.5, 0.6) is 0 Å². The molecule has 1 unspecified atom stereocenters. The second-order valence-corrected chi connectivity index (χ2v) is 7.18. The molecule has 1 heterocycles. The number of carbonyl (C=O) groups excluding carboxylic acids is 1. The fourth-order valence-corrected chi connectivity index (χ4v) is 4.31. The maximum absolute atomic E-state index is 14.5. The van der Waals surface area contributed by atoms with Crippen LogP contribution in [0.15, 0.2) is 18.2 Å². The lowest BCUT2D eigenvalue weighted by Gasteiger charge is -2.31. The smallest absolute Gasteiger partial charge is 0.246 e. The van der Waals surface area contributed by atoms with E-state index in [1.54, 1.807) is 17.9 Å². The predicted octanol–water partition coefficient (Wildman–Crippen LogP) is 3.92. The Balaban J connectivity index is 0.00000192. The summed E-state index contributed by atoms with van der Waals surface area (Å²) in [6, 6.07) is 5.07. The fraction of sp³-hybridized carbons (Fsp3) is 0.611. The molecule has 0 bridgehead atoms. The Labute approximate surface area is 143 Å². The van der Waals surface area contributed by atoms with Crippen LogP contribution in [0.1, 0.15) is 57.9 Å². The second-order valence-electron chi connectivity index (χ2n) is 7.18. The van der Waals surface area contributed by atoms with Crippen molar-refractivity contribution in [1.29, 1.82) is 0 Å². The summed E-state index contributed by atoms with van der Waals surface area (Å²) in [5.41, 5.74) is 6.65. The normalized spacial score (nSPS) is 21.0. The standard InChI is InChI=1S/C18H25FN2O.ClH/c1-3-9-17(2,20)16(22)21-12-18(10-4-5-11-18)15-13(19)7-6-8-14(15)21;/h6-8H,3-5,9-12,20H2,1-2H3;1H. The minimum Gasteiger partial charge on any atom is -0.318 e. The van der Waals surface area contributed by atoms with Gasteiger partial charge in [0.1, 0.15) is 5.82 Å². The molecule has 2 aliphatic rings. The maximum atomic E-state index is 14.5. The number of benzene rings is 1. The molecule has 1 aromatic carbocycles. The van der Waals surface area contributed by atoms with Crippen molar-refractivity contribution in [3.63, 3.8) is 0 Å². The topological polar surface area (TPSA) is 46.3 Å². The van der Waals surface area contributed by atoms with Gasteiger partial charge in [-0.05, 0) is 38.3 Å². The highest BCUT2D eigenvalue weighted by atomic mass is 35.5. The highest BCUT2D eigenvalue weighted by Crippen LogP contribution is 2.51. The molecule has 0 saturated heterocycles. The Morgan fingerprint density at radius 3 is 2.65 bits per heavy atom. The van der Waals surface area contributed by atoms with Crippen molar-refractivity contribution in [3.05, 3.63) is 29.6 Å². The number of nitrogens with zero attached hydrogens (tertiary/aromatic N) is 1. The van der Waals surface area contributed by atoms with Crippen LogP contribution in [0.3, 0.4) is 0 Å². The molecule has 128 valence electrons. The summed E-state index contributed by atoms with van der Waals surface area (Å²) in [5, 5.41) is 0. The molecular formula is C18H26ClFN2O. The summed E-state index contributed by atoms with van der Waals surface area (Å²) in [5.74, 6) is -0.256. The van der Waals surface area contributed by atoms with E-state index in [4.69, 9.17) is 5.73 Å². The van der Waals surface area contributed by atoms with Crippen molar-refractivity contribution in [2.75, 3.05) is 11.4 Å². The van der Waals surface area contributed by atoms with E-state index in [2.05, 4.69) is 0 Å². The van der Waals surface area contributed by atoms with E-state index in [0.717, 1.165) is 43.4 Å². The molecule has 3 rings (SSSR count). The van der Waals surface area contributed by atoms with Gasteiger partial charge in [0.15, 0.2) is 0 Å². The molecule has 1 aromatic rings. The zero-order chi connectivity index (χ0) is 16.0. The van der Waals surface area contributed by atoms with Crippen molar-refractivity contribution >= 4 is 24.0 Å². The van der Waals surface area contributed by atoms with Gasteiger partial charge in [-0.1, -0.05) is 32.3 Å². The van der Waals surface area contributed by atoms with Gasteiger partial charge in [0.2, 0.25) is 5.91 Å². The van der Waals surface area contributed by atoms with E-state index in [0.29, 0.717) is 13.0 Å². The summed E-state index contributed by atoms with van der Waals surface area (Å²) in [4.78, 5) is 14.7. The van der Waals surface area contributed by atoms with E-state index in [-0.39, 0.29) is 29.5 Å². The highest BCUT2D eigenvalue weighted by Gasteiger charge is 2.49. The molecule has 1 aliphatic carbocycles. The first-order valence-electron chi connectivity index (χ1n) is 8.31. The molecule has 0 radical (unpaired) electrons. The van der Waals surface area contributed by atoms with Crippen LogP contribution in [-0.2, 0) is 10.2 Å². The zero-order valence-corrected chi connectivity index (χ0v) is 14.7. The summed E-state index contributed by atoms with van der Waals surface area (Å²) in [7, 11) is 0. The minimum absolute atomic E-state index is 0. The molecule has 3 nitrogen and oxygen atoms in total. The quantitative estimate of drug-likeness (QED) is 0.906. The fourth-order valence-electron chi connectivity index (χ4n) is 4.31. The largest absolute Gasteiger partial charge is 0.318 e. The number of nitrogens with two attached hydrogens (primary N) is 1. The van der Waals surface area contributed by atoms with Gasteiger partial charge >= 0.3 is 0 Å². The summed E-state index contributed by atoms with van der Waals surface area (Å²) in [6.07, 6.45) is 5.61. The average molecular weight is 341 g/mol. The first kappa shape index (κ1) is 18.2. The van der Waals surface area contributed by atoms with E-state index < -0.39 is 5.54 Å². The van der Waals surface area contributed by atoms with Crippen LogP contribution in [0.2, 0.25) is 0 Å². The van der Waals surface area contributed by atoms with E-state index in [1.807, 2.05) is 13.0 Å². The van der Waals surface area contributed by atoms with Gasteiger partial charge in [-0.3, -0.25) is 4.79 Å². The summed E-state index contributed by atoms with van der Waals surface area (Å²) < 4.78 is 14.5. The van der Waals surface area contributed by atoms with Gasteiger partial charge in [-0.15, -0.1) is 12.4 Å². The number of carbonyl (C=O) groups is 1. The Morgan fingerprint density at radius 2 is 2.04 bits per heavy atom. The lowest BCUT2D eigenvalue weighted by atomic mass is 9.80. The Bertz CT molecular complexity index is 597. The second kappa shape index (κ2) is 6.40. The van der Waals surface area contributed by atoms with Crippen molar-refractivity contribution < 1.29 is 9.18 Å². The summed E-state index contributed by atoms with van der Waals surface area (Å²) >= 11 is 0. The first-order chi connectivity index (χ1) is 10.4. The van der Waals surface area contributed by atoms with Crippen molar-refractivity contribution in [3.8, 4) is 0 Å². The van der Waals surface area contributed by atoms with E-state index in [1.165, 1.54) is 6.07 Å². The zero-order valence-electron chi connectivity index (χ0n) is 13.9. The van der Waals surface area contributed by atoms with Crippen LogP contribution in [-0.4, -0.2) is 18.0 Å². The number of rotatable bonds is 3. The van der Waals surface area contributed by atoms with E-state index >= 15 is 0 Å². The third-order valence-corrected chi connectivity index (χ3v) is 5.34. The van der Waals surface area contributed by atoms with Crippen LogP contribution >= 0.6 is 12.4 Å². The number of fused-ring (bicyclic) bond motifs is 2. The van der Waals surface area contributed by atoms with E-state index in [9.17, 15) is 9.18 Å². The Kier molecular flexibility index (Phi) is 5.07. The van der Waals surface area contributed by atoms with Gasteiger partial charge in [0, 0.05) is 17.5 Å². The van der Waals surface area contributed by atoms with Crippen LogP contribution in [0.25, 0.3) is 0 Å². The average Bonchev–Trinajstić information content (AvgIpc) is 3.05. The van der Waals surface area contributed by atoms with Crippen molar-refractivity contribution in [2.45, 2.75) is 63.3 Å². The maximum Gasteiger partial charge on any atom is 0.246 e. The van der Waals surface area contributed by atoms with Gasteiger partial charge in [-0.25, -0.2) is 4.39 Å². The highest BCUT2D eigenvalue weighted by molar-refractivity contribution is 6.02. The molecule has 1 aliphatic heterocycles. The third-order valence-electron chi connectivity index (χ3n) is 5.34. The minimum atomic E-state index is -0.886. The predicted molar refractivity (Wildman–Crippen MR) is 93.6 cm³/mol. The first-order valence-corrected chi connectivity index (χ1v) is 8.31. The van der Waals surface area contributed by atoms with Gasteiger partial charge in [0.25, 0.3) is 0 Å². The molecule has 1 saturated carbocycles. The number of amides is 1. The molecule has 1 fully saturated rings. The number of hydrogen-bond donors (Lipinski definition) is 1. The van der Waals surface area contributed by atoms with Gasteiger partial charge in [-0.2, -0.15) is 0 Å². The molecule has 0 aromatic heterocycles. The van der Waals surface area contributed by atoms with Crippen molar-refractivity contribution in [2.24, 2.45) is 5.73 Å². The number of anilines is 1. The number of hydrogen-bond acceptors (Lipinski definition) is 2. The van der Waals surface area contributed by atoms with Gasteiger partial charge < -0.3 is 10.6 Å². The molecule has 1 atom stereocenters. The molecule has 2 N–H and O–H groups in total. The molecule has 1 spiro atoms. The number of halogens is 2. The SMILES string of the molecule is CCCC(C)(N)C(=O)N1CC2(CCCC2)c2c(F)cccc21.Cl. The van der Waals surface area contributed by atoms with Crippen LogP contribution in [0.4, 0.5) is 10.1 Å². The Morgan fingerprint density at radius 1 is 1.39 bits per heavy atom. The molecule has 5 heteroatoms. The van der Waals surface area contributed by atoms with Crippen LogP contribution in [0, 0.1) is 5.82 Å².